The number of amides is 1. The molecular formula is C23H15F5N2O3S. The van der Waals surface area contributed by atoms with Crippen molar-refractivity contribution in [2.45, 2.75) is 5.37 Å². The predicted molar refractivity (Wildman–Crippen MR) is 115 cm³/mol. The van der Waals surface area contributed by atoms with Gasteiger partial charge in [0.2, 0.25) is 5.82 Å². The molecule has 3 aromatic rings. The van der Waals surface area contributed by atoms with Gasteiger partial charge < -0.3 is 9.47 Å². The second-order valence-electron chi connectivity index (χ2n) is 6.99. The zero-order chi connectivity index (χ0) is 24.6. The zero-order valence-electron chi connectivity index (χ0n) is 17.6. The van der Waals surface area contributed by atoms with Gasteiger partial charge in [-0.05, 0) is 42.5 Å². The molecule has 4 rings (SSSR count). The first kappa shape index (κ1) is 23.6. The quantitative estimate of drug-likeness (QED) is 0.340. The Bertz CT molecular complexity index is 1300. The van der Waals surface area contributed by atoms with Gasteiger partial charge in [-0.3, -0.25) is 4.79 Å². The Morgan fingerprint density at radius 3 is 2.24 bits per heavy atom. The lowest BCUT2D eigenvalue weighted by Gasteiger charge is -2.23. The van der Waals surface area contributed by atoms with Crippen molar-refractivity contribution in [3.05, 3.63) is 94.3 Å². The minimum atomic E-state index is -1.58. The topological polar surface area (TPSA) is 51.1 Å². The van der Waals surface area contributed by atoms with Crippen molar-refractivity contribution >= 4 is 22.7 Å². The Morgan fingerprint density at radius 2 is 1.59 bits per heavy atom. The highest BCUT2D eigenvalue weighted by Gasteiger charge is 2.38. The maximum Gasteiger partial charge on any atom is 0.278 e. The Labute approximate surface area is 194 Å². The number of rotatable bonds is 5. The van der Waals surface area contributed by atoms with E-state index in [9.17, 15) is 26.7 Å². The van der Waals surface area contributed by atoms with Crippen LogP contribution in [0, 0.1) is 29.1 Å². The Balaban J connectivity index is 1.84. The standard InChI is InChI=1S/C23H15F5N2O3S/c1-32-17-9-13(25)7-8-14(17)23-30(29-21(34-23)11-3-5-12(24)6-4-11)22(31)15-10-16(26)19(28)20(33-2)18(15)27/h3-10,23H,1-2H3. The summed E-state index contributed by atoms with van der Waals surface area (Å²) < 4.78 is 79.8. The predicted octanol–water partition coefficient (Wildman–Crippen LogP) is 5.65. The van der Waals surface area contributed by atoms with E-state index in [1.165, 1.54) is 37.4 Å². The van der Waals surface area contributed by atoms with Crippen LogP contribution in [0.2, 0.25) is 0 Å². The average molecular weight is 494 g/mol. The van der Waals surface area contributed by atoms with Crippen LogP contribution in [0.1, 0.15) is 26.9 Å². The molecule has 1 aliphatic rings. The first-order valence-electron chi connectivity index (χ1n) is 9.64. The third kappa shape index (κ3) is 4.18. The number of carbonyl (C=O) groups excluding carboxylic acids is 1. The summed E-state index contributed by atoms with van der Waals surface area (Å²) in [7, 11) is 2.23. The molecule has 0 aromatic heterocycles. The van der Waals surface area contributed by atoms with Crippen molar-refractivity contribution in [1.29, 1.82) is 0 Å². The number of hydrazone groups is 1. The van der Waals surface area contributed by atoms with Gasteiger partial charge in [-0.2, -0.15) is 9.49 Å². The first-order chi connectivity index (χ1) is 16.2. The van der Waals surface area contributed by atoms with Crippen LogP contribution < -0.4 is 9.47 Å². The van der Waals surface area contributed by atoms with Gasteiger partial charge in [0.1, 0.15) is 27.8 Å². The van der Waals surface area contributed by atoms with Crippen LogP contribution in [-0.4, -0.2) is 30.2 Å². The molecule has 176 valence electrons. The third-order valence-electron chi connectivity index (χ3n) is 4.96. The van der Waals surface area contributed by atoms with Crippen LogP contribution in [0.4, 0.5) is 22.0 Å². The SMILES string of the molecule is COc1cc(F)ccc1C1SC(c2ccc(F)cc2)=NN1C(=O)c1cc(F)c(F)c(OC)c1F. The van der Waals surface area contributed by atoms with E-state index < -0.39 is 51.7 Å². The van der Waals surface area contributed by atoms with Crippen molar-refractivity contribution in [1.82, 2.24) is 5.01 Å². The van der Waals surface area contributed by atoms with E-state index in [0.29, 0.717) is 17.2 Å². The van der Waals surface area contributed by atoms with Crippen molar-refractivity contribution in [3.8, 4) is 11.5 Å². The molecule has 0 spiro atoms. The molecule has 0 saturated carbocycles. The fourth-order valence-corrected chi connectivity index (χ4v) is 4.51. The summed E-state index contributed by atoms with van der Waals surface area (Å²) in [5.74, 6) is -7.68. The van der Waals surface area contributed by atoms with Gasteiger partial charge in [0.25, 0.3) is 5.91 Å². The molecule has 1 amide bonds. The number of ether oxygens (including phenoxy) is 2. The normalized spacial score (nSPS) is 15.3. The fourth-order valence-electron chi connectivity index (χ4n) is 3.32. The molecular weight excluding hydrogens is 479 g/mol. The van der Waals surface area contributed by atoms with Crippen molar-refractivity contribution in [2.75, 3.05) is 14.2 Å². The summed E-state index contributed by atoms with van der Waals surface area (Å²) in [5.41, 5.74) is -0.0827. The van der Waals surface area contributed by atoms with E-state index in [0.717, 1.165) is 36.0 Å². The second kappa shape index (κ2) is 9.34. The molecule has 3 aromatic carbocycles. The number of halogens is 5. The Hall–Kier alpha value is -3.60. The van der Waals surface area contributed by atoms with Gasteiger partial charge in [-0.25, -0.2) is 22.6 Å². The summed E-state index contributed by atoms with van der Waals surface area (Å²) in [6.07, 6.45) is 0. The van der Waals surface area contributed by atoms with E-state index in [1.807, 2.05) is 0 Å². The van der Waals surface area contributed by atoms with Gasteiger partial charge in [0.15, 0.2) is 17.4 Å². The molecule has 11 heteroatoms. The molecule has 0 radical (unpaired) electrons. The largest absolute Gasteiger partial charge is 0.496 e. The minimum absolute atomic E-state index is 0.0780. The summed E-state index contributed by atoms with van der Waals surface area (Å²) in [6, 6.07) is 9.23. The number of benzene rings is 3. The second-order valence-corrected chi connectivity index (χ2v) is 8.05. The molecule has 34 heavy (non-hydrogen) atoms. The van der Waals surface area contributed by atoms with Crippen LogP contribution >= 0.6 is 11.8 Å². The summed E-state index contributed by atoms with van der Waals surface area (Å²) in [5, 5.41) is 4.33. The van der Waals surface area contributed by atoms with E-state index in [-0.39, 0.29) is 10.8 Å². The van der Waals surface area contributed by atoms with Crippen molar-refractivity contribution < 1.29 is 36.2 Å². The highest BCUT2D eigenvalue weighted by molar-refractivity contribution is 8.14. The molecule has 0 saturated heterocycles. The molecule has 0 aliphatic carbocycles. The molecule has 1 atom stereocenters. The summed E-state index contributed by atoms with van der Waals surface area (Å²) in [6.45, 7) is 0. The van der Waals surface area contributed by atoms with E-state index in [2.05, 4.69) is 9.84 Å². The van der Waals surface area contributed by atoms with Crippen molar-refractivity contribution in [3.63, 3.8) is 0 Å². The number of nitrogens with zero attached hydrogens (tertiary/aromatic N) is 2. The first-order valence-corrected chi connectivity index (χ1v) is 10.5. The van der Waals surface area contributed by atoms with E-state index in [1.54, 1.807) is 0 Å². The third-order valence-corrected chi connectivity index (χ3v) is 6.17. The summed E-state index contributed by atoms with van der Waals surface area (Å²) in [4.78, 5) is 13.3. The molecule has 0 fully saturated rings. The van der Waals surface area contributed by atoms with Crippen LogP contribution in [-0.2, 0) is 0 Å². The van der Waals surface area contributed by atoms with E-state index >= 15 is 0 Å². The monoisotopic (exact) mass is 494 g/mol. The highest BCUT2D eigenvalue weighted by Crippen LogP contribution is 2.45. The minimum Gasteiger partial charge on any atom is -0.496 e. The fraction of sp³-hybridized carbons (Fsp3) is 0.130. The van der Waals surface area contributed by atoms with Gasteiger partial charge in [-0.1, -0.05) is 11.8 Å². The number of hydrogen-bond donors (Lipinski definition) is 0. The smallest absolute Gasteiger partial charge is 0.278 e. The van der Waals surface area contributed by atoms with Crippen LogP contribution in [0.25, 0.3) is 0 Å². The van der Waals surface area contributed by atoms with Gasteiger partial charge in [0, 0.05) is 17.2 Å². The molecule has 1 unspecified atom stereocenters. The van der Waals surface area contributed by atoms with Crippen LogP contribution in [0.15, 0.2) is 53.6 Å². The zero-order valence-corrected chi connectivity index (χ0v) is 18.4. The van der Waals surface area contributed by atoms with Crippen molar-refractivity contribution in [2.24, 2.45) is 5.10 Å². The summed E-state index contributed by atoms with van der Waals surface area (Å²) >= 11 is 1.02. The molecule has 0 bridgehead atoms. The molecule has 1 aliphatic heterocycles. The maximum absolute atomic E-state index is 14.9. The molecule has 5 nitrogen and oxygen atoms in total. The lowest BCUT2D eigenvalue weighted by Crippen LogP contribution is -2.27. The lowest BCUT2D eigenvalue weighted by atomic mass is 10.1. The van der Waals surface area contributed by atoms with Gasteiger partial charge >= 0.3 is 0 Å². The van der Waals surface area contributed by atoms with Gasteiger partial charge in [-0.15, -0.1) is 0 Å². The molecule has 0 N–H and O–H groups in total. The van der Waals surface area contributed by atoms with Crippen LogP contribution in [0.3, 0.4) is 0 Å². The average Bonchev–Trinajstić information content (AvgIpc) is 3.27. The van der Waals surface area contributed by atoms with Crippen LogP contribution in [0.5, 0.6) is 11.5 Å². The Morgan fingerprint density at radius 1 is 0.912 bits per heavy atom. The highest BCUT2D eigenvalue weighted by atomic mass is 32.2. The number of methoxy groups -OCH3 is 2. The number of carbonyl (C=O) groups is 1. The number of hydrogen-bond acceptors (Lipinski definition) is 5. The molecule has 1 heterocycles. The lowest BCUT2D eigenvalue weighted by molar-refractivity contribution is 0.0741. The Kier molecular flexibility index (Phi) is 6.47. The van der Waals surface area contributed by atoms with E-state index in [4.69, 9.17) is 4.74 Å². The number of thioether (sulfide) groups is 1. The maximum atomic E-state index is 14.9. The van der Waals surface area contributed by atoms with Gasteiger partial charge in [0.05, 0.1) is 19.8 Å².